The highest BCUT2D eigenvalue weighted by molar-refractivity contribution is 7.98. The number of carboxylic acids is 2. The maximum absolute atomic E-state index is 12.6. The van der Waals surface area contributed by atoms with Gasteiger partial charge in [-0.25, -0.2) is 4.79 Å². The van der Waals surface area contributed by atoms with E-state index in [2.05, 4.69) is 16.0 Å². The number of rotatable bonds is 15. The second-order valence-electron chi connectivity index (χ2n) is 7.19. The van der Waals surface area contributed by atoms with Gasteiger partial charge in [-0.1, -0.05) is 13.8 Å². The van der Waals surface area contributed by atoms with E-state index in [1.54, 1.807) is 13.8 Å². The predicted molar refractivity (Wildman–Crippen MR) is 113 cm³/mol. The Morgan fingerprint density at radius 1 is 0.903 bits per heavy atom. The lowest BCUT2D eigenvalue weighted by Crippen LogP contribution is -2.58. The highest BCUT2D eigenvalue weighted by Gasteiger charge is 2.31. The number of aliphatic hydroxyl groups is 1. The van der Waals surface area contributed by atoms with Gasteiger partial charge in [-0.3, -0.25) is 19.2 Å². The number of carbonyl (C=O) groups is 5. The van der Waals surface area contributed by atoms with Crippen LogP contribution in [0.2, 0.25) is 0 Å². The minimum Gasteiger partial charge on any atom is -0.481 e. The van der Waals surface area contributed by atoms with E-state index in [0.29, 0.717) is 12.2 Å². The Hall–Kier alpha value is -2.38. The molecule has 0 rings (SSSR count). The number of aliphatic carboxylic acids is 2. The third kappa shape index (κ3) is 11.0. The molecule has 0 saturated carbocycles. The first-order valence-electron chi connectivity index (χ1n) is 9.65. The molecule has 13 heteroatoms. The van der Waals surface area contributed by atoms with Crippen LogP contribution in [-0.4, -0.2) is 87.8 Å². The van der Waals surface area contributed by atoms with Crippen LogP contribution in [0.3, 0.4) is 0 Å². The number of thioether (sulfide) groups is 1. The first-order valence-corrected chi connectivity index (χ1v) is 11.0. The van der Waals surface area contributed by atoms with Crippen LogP contribution in [0, 0.1) is 5.92 Å². The van der Waals surface area contributed by atoms with Crippen molar-refractivity contribution in [3.8, 4) is 0 Å². The van der Waals surface area contributed by atoms with Crippen LogP contribution < -0.4 is 21.7 Å². The quantitative estimate of drug-likeness (QED) is 0.143. The molecule has 0 aromatic rings. The van der Waals surface area contributed by atoms with Gasteiger partial charge < -0.3 is 37.0 Å². The van der Waals surface area contributed by atoms with Crippen LogP contribution in [0.4, 0.5) is 0 Å². The Morgan fingerprint density at radius 2 is 1.45 bits per heavy atom. The Labute approximate surface area is 184 Å². The molecule has 31 heavy (non-hydrogen) atoms. The van der Waals surface area contributed by atoms with E-state index in [0.717, 1.165) is 0 Å². The lowest BCUT2D eigenvalue weighted by Gasteiger charge is -2.25. The predicted octanol–water partition coefficient (Wildman–Crippen LogP) is -1.88. The van der Waals surface area contributed by atoms with E-state index in [9.17, 15) is 34.2 Å². The number of amides is 3. The van der Waals surface area contributed by atoms with Crippen molar-refractivity contribution in [3.05, 3.63) is 0 Å². The van der Waals surface area contributed by atoms with Crippen LogP contribution in [0.25, 0.3) is 0 Å². The van der Waals surface area contributed by atoms with Crippen molar-refractivity contribution in [2.75, 3.05) is 18.6 Å². The Bertz CT molecular complexity index is 646. The van der Waals surface area contributed by atoms with Gasteiger partial charge >= 0.3 is 11.9 Å². The molecule has 8 N–H and O–H groups in total. The van der Waals surface area contributed by atoms with E-state index in [1.807, 2.05) is 6.26 Å². The van der Waals surface area contributed by atoms with Gasteiger partial charge in [0.15, 0.2) is 0 Å². The van der Waals surface area contributed by atoms with Gasteiger partial charge in [0.2, 0.25) is 17.7 Å². The number of aliphatic hydroxyl groups excluding tert-OH is 1. The molecular weight excluding hydrogens is 432 g/mol. The van der Waals surface area contributed by atoms with Crippen molar-refractivity contribution < 1.29 is 39.3 Å². The van der Waals surface area contributed by atoms with Crippen molar-refractivity contribution in [3.63, 3.8) is 0 Å². The molecule has 178 valence electrons. The SMILES string of the molecule is CSCCC(N)C(=O)NC(CCC(=O)O)C(=O)NC(CO)C(=O)NC(C(=O)O)C(C)C. The topological polar surface area (TPSA) is 208 Å². The van der Waals surface area contributed by atoms with Crippen molar-refractivity contribution >= 4 is 41.4 Å². The van der Waals surface area contributed by atoms with Gasteiger partial charge in [0.1, 0.15) is 18.1 Å². The third-order valence-electron chi connectivity index (χ3n) is 4.30. The van der Waals surface area contributed by atoms with Gasteiger partial charge in [0.05, 0.1) is 12.6 Å². The van der Waals surface area contributed by atoms with Gasteiger partial charge in [-0.2, -0.15) is 11.8 Å². The Kier molecular flexibility index (Phi) is 13.5. The minimum absolute atomic E-state index is 0.272. The number of nitrogens with two attached hydrogens (primary N) is 1. The highest BCUT2D eigenvalue weighted by atomic mass is 32.2. The molecule has 0 saturated heterocycles. The van der Waals surface area contributed by atoms with Gasteiger partial charge in [0.25, 0.3) is 0 Å². The fraction of sp³-hybridized carbons (Fsp3) is 0.722. The summed E-state index contributed by atoms with van der Waals surface area (Å²) in [6.07, 6.45) is 1.46. The maximum atomic E-state index is 12.6. The molecule has 0 aliphatic rings. The zero-order valence-corrected chi connectivity index (χ0v) is 18.6. The molecule has 0 aliphatic carbocycles. The van der Waals surface area contributed by atoms with Crippen LogP contribution in [0.1, 0.15) is 33.1 Å². The number of nitrogens with one attached hydrogen (secondary N) is 3. The third-order valence-corrected chi connectivity index (χ3v) is 4.94. The molecule has 3 amide bonds. The average Bonchev–Trinajstić information content (AvgIpc) is 2.69. The fourth-order valence-electron chi connectivity index (χ4n) is 2.43. The Morgan fingerprint density at radius 3 is 1.90 bits per heavy atom. The second-order valence-corrected chi connectivity index (χ2v) is 8.18. The number of carboxylic acid groups (broad SMARTS) is 2. The van der Waals surface area contributed by atoms with Crippen molar-refractivity contribution in [2.45, 2.75) is 57.3 Å². The zero-order valence-electron chi connectivity index (χ0n) is 17.8. The maximum Gasteiger partial charge on any atom is 0.326 e. The van der Waals surface area contributed by atoms with Gasteiger partial charge in [-0.15, -0.1) is 0 Å². The summed E-state index contributed by atoms with van der Waals surface area (Å²) < 4.78 is 0. The minimum atomic E-state index is -1.50. The molecule has 0 aromatic carbocycles. The normalized spacial score (nSPS) is 14.8. The summed E-state index contributed by atoms with van der Waals surface area (Å²) in [5, 5.41) is 34.3. The van der Waals surface area contributed by atoms with Crippen LogP contribution in [-0.2, 0) is 24.0 Å². The van der Waals surface area contributed by atoms with Crippen molar-refractivity contribution in [2.24, 2.45) is 11.7 Å². The van der Waals surface area contributed by atoms with Crippen LogP contribution in [0.5, 0.6) is 0 Å². The summed E-state index contributed by atoms with van der Waals surface area (Å²) in [6, 6.07) is -4.96. The molecule has 4 unspecified atom stereocenters. The van der Waals surface area contributed by atoms with E-state index in [1.165, 1.54) is 11.8 Å². The summed E-state index contributed by atoms with van der Waals surface area (Å²) in [6.45, 7) is 2.31. The molecule has 0 heterocycles. The molecule has 0 aromatic heterocycles. The summed E-state index contributed by atoms with van der Waals surface area (Å²) in [4.78, 5) is 59.3. The Balaban J connectivity index is 5.25. The van der Waals surface area contributed by atoms with Crippen molar-refractivity contribution in [1.29, 1.82) is 0 Å². The number of hydrogen-bond donors (Lipinski definition) is 7. The van der Waals surface area contributed by atoms with E-state index in [-0.39, 0.29) is 6.42 Å². The lowest BCUT2D eigenvalue weighted by molar-refractivity contribution is -0.143. The molecule has 4 atom stereocenters. The molecule has 0 bridgehead atoms. The highest BCUT2D eigenvalue weighted by Crippen LogP contribution is 2.05. The number of carbonyl (C=O) groups excluding carboxylic acids is 3. The molecular formula is C18H32N4O8S. The molecule has 0 aliphatic heterocycles. The number of hydrogen-bond acceptors (Lipinski definition) is 8. The van der Waals surface area contributed by atoms with Gasteiger partial charge in [0, 0.05) is 6.42 Å². The molecule has 12 nitrogen and oxygen atoms in total. The summed E-state index contributed by atoms with van der Waals surface area (Å²) in [5.74, 6) is -4.83. The summed E-state index contributed by atoms with van der Waals surface area (Å²) >= 11 is 1.48. The lowest BCUT2D eigenvalue weighted by atomic mass is 10.0. The first kappa shape index (κ1) is 28.6. The molecule has 0 radical (unpaired) electrons. The molecule has 0 fully saturated rings. The fourth-order valence-corrected chi connectivity index (χ4v) is 2.91. The van der Waals surface area contributed by atoms with Gasteiger partial charge in [-0.05, 0) is 30.8 Å². The summed E-state index contributed by atoms with van der Waals surface area (Å²) in [7, 11) is 0. The van der Waals surface area contributed by atoms with E-state index < -0.39 is 72.8 Å². The smallest absolute Gasteiger partial charge is 0.326 e. The molecule has 0 spiro atoms. The van der Waals surface area contributed by atoms with Crippen LogP contribution >= 0.6 is 11.8 Å². The first-order chi connectivity index (χ1) is 14.4. The van der Waals surface area contributed by atoms with Crippen molar-refractivity contribution in [1.82, 2.24) is 16.0 Å². The van der Waals surface area contributed by atoms with E-state index in [4.69, 9.17) is 10.8 Å². The summed E-state index contributed by atoms with van der Waals surface area (Å²) in [5.41, 5.74) is 5.76. The largest absolute Gasteiger partial charge is 0.481 e. The monoisotopic (exact) mass is 464 g/mol. The van der Waals surface area contributed by atoms with E-state index >= 15 is 0 Å². The average molecular weight is 465 g/mol. The zero-order chi connectivity index (χ0) is 24.1. The standard InChI is InChI=1S/C18H32N4O8S/c1-9(2)14(18(29)30)22-17(28)12(8-23)21-16(27)11(4-5-13(24)25)20-15(26)10(19)6-7-31-3/h9-12,14,23H,4-8,19H2,1-3H3,(H,20,26)(H,21,27)(H,22,28)(H,24,25)(H,29,30). The van der Waals surface area contributed by atoms with Crippen LogP contribution in [0.15, 0.2) is 0 Å². The second kappa shape index (κ2) is 14.6.